The van der Waals surface area contributed by atoms with Gasteiger partial charge in [-0.05, 0) is 24.6 Å². The fourth-order valence-corrected chi connectivity index (χ4v) is 4.33. The first kappa shape index (κ1) is 16.6. The van der Waals surface area contributed by atoms with Crippen LogP contribution in [0.25, 0.3) is 0 Å². The van der Waals surface area contributed by atoms with Gasteiger partial charge in [-0.2, -0.15) is 4.98 Å². The molecule has 1 aliphatic heterocycles. The summed E-state index contributed by atoms with van der Waals surface area (Å²) >= 11 is 0. The van der Waals surface area contributed by atoms with Crippen molar-refractivity contribution in [3.8, 4) is 0 Å². The Morgan fingerprint density at radius 1 is 1.25 bits per heavy atom. The minimum absolute atomic E-state index is 0.0771. The number of hydrogen-bond acceptors (Lipinski definition) is 6. The van der Waals surface area contributed by atoms with Gasteiger partial charge in [0, 0.05) is 31.0 Å². The average molecular weight is 354 g/mol. The van der Waals surface area contributed by atoms with Crippen molar-refractivity contribution in [3.63, 3.8) is 0 Å². The molecule has 1 aromatic carbocycles. The molecular formula is C15H16F2N4O2S. The third-order valence-corrected chi connectivity index (χ3v) is 5.66. The number of sulfone groups is 1. The van der Waals surface area contributed by atoms with Gasteiger partial charge in [0.25, 0.3) is 0 Å². The van der Waals surface area contributed by atoms with Crippen molar-refractivity contribution in [2.24, 2.45) is 0 Å². The highest BCUT2D eigenvalue weighted by Gasteiger charge is 2.31. The van der Waals surface area contributed by atoms with Crippen molar-refractivity contribution < 1.29 is 17.2 Å². The van der Waals surface area contributed by atoms with E-state index < -0.39 is 21.5 Å². The molecule has 6 nitrogen and oxygen atoms in total. The SMILES string of the molecule is CN(c1nccc(Nc2ccc(F)c(F)c2)n1)C1CCS(=O)(=O)C1. The molecule has 1 unspecified atom stereocenters. The summed E-state index contributed by atoms with van der Waals surface area (Å²) in [6.45, 7) is 0. The van der Waals surface area contributed by atoms with Gasteiger partial charge in [0.05, 0.1) is 11.5 Å². The topological polar surface area (TPSA) is 75.2 Å². The lowest BCUT2D eigenvalue weighted by molar-refractivity contribution is 0.509. The molecule has 0 radical (unpaired) electrons. The van der Waals surface area contributed by atoms with E-state index in [2.05, 4.69) is 15.3 Å². The summed E-state index contributed by atoms with van der Waals surface area (Å²) in [5.41, 5.74) is 0.352. The monoisotopic (exact) mass is 354 g/mol. The van der Waals surface area contributed by atoms with Crippen LogP contribution in [0.5, 0.6) is 0 Å². The van der Waals surface area contributed by atoms with E-state index in [0.29, 0.717) is 23.9 Å². The quantitative estimate of drug-likeness (QED) is 0.907. The van der Waals surface area contributed by atoms with Crippen LogP contribution >= 0.6 is 0 Å². The number of rotatable bonds is 4. The van der Waals surface area contributed by atoms with Gasteiger partial charge in [0.2, 0.25) is 5.95 Å². The van der Waals surface area contributed by atoms with Crippen molar-refractivity contribution >= 4 is 27.3 Å². The average Bonchev–Trinajstić information content (AvgIpc) is 2.90. The van der Waals surface area contributed by atoms with Crippen LogP contribution in [-0.2, 0) is 9.84 Å². The number of anilines is 3. The number of benzene rings is 1. The van der Waals surface area contributed by atoms with Gasteiger partial charge in [-0.1, -0.05) is 0 Å². The van der Waals surface area contributed by atoms with Crippen LogP contribution in [0.3, 0.4) is 0 Å². The van der Waals surface area contributed by atoms with Gasteiger partial charge in [0.15, 0.2) is 21.5 Å². The zero-order valence-electron chi connectivity index (χ0n) is 12.9. The Morgan fingerprint density at radius 2 is 2.04 bits per heavy atom. The van der Waals surface area contributed by atoms with Crippen LogP contribution in [0.15, 0.2) is 30.5 Å². The van der Waals surface area contributed by atoms with E-state index in [1.807, 2.05) is 0 Å². The Balaban J connectivity index is 1.77. The molecule has 2 heterocycles. The summed E-state index contributed by atoms with van der Waals surface area (Å²) in [5, 5.41) is 2.87. The first-order valence-corrected chi connectivity index (χ1v) is 9.14. The van der Waals surface area contributed by atoms with Gasteiger partial charge in [-0.15, -0.1) is 0 Å². The molecular weight excluding hydrogens is 338 g/mol. The maximum absolute atomic E-state index is 13.3. The summed E-state index contributed by atoms with van der Waals surface area (Å²) in [7, 11) is -1.27. The van der Waals surface area contributed by atoms with Crippen molar-refractivity contribution in [1.82, 2.24) is 9.97 Å². The third kappa shape index (κ3) is 3.61. The van der Waals surface area contributed by atoms with Crippen LogP contribution < -0.4 is 10.2 Å². The number of hydrogen-bond donors (Lipinski definition) is 1. The highest BCUT2D eigenvalue weighted by molar-refractivity contribution is 7.91. The molecule has 0 aliphatic carbocycles. The first-order chi connectivity index (χ1) is 11.3. The fourth-order valence-electron chi connectivity index (χ4n) is 2.55. The second kappa shape index (κ2) is 6.31. The lowest BCUT2D eigenvalue weighted by atomic mass is 10.2. The summed E-state index contributed by atoms with van der Waals surface area (Å²) in [6, 6.07) is 4.87. The minimum Gasteiger partial charge on any atom is -0.340 e. The van der Waals surface area contributed by atoms with Gasteiger partial charge >= 0.3 is 0 Å². The molecule has 1 fully saturated rings. The Kier molecular flexibility index (Phi) is 4.35. The lowest BCUT2D eigenvalue weighted by Crippen LogP contribution is -2.33. The van der Waals surface area contributed by atoms with Crippen molar-refractivity contribution in [2.45, 2.75) is 12.5 Å². The van der Waals surface area contributed by atoms with Gasteiger partial charge < -0.3 is 10.2 Å². The Hall–Kier alpha value is -2.29. The first-order valence-electron chi connectivity index (χ1n) is 7.32. The minimum atomic E-state index is -3.01. The standard InChI is InChI=1S/C15H16F2N4O2S/c1-21(11-5-7-24(22,23)9-11)15-18-6-4-14(20-15)19-10-2-3-12(16)13(17)8-10/h2-4,6,8,11H,5,7,9H2,1H3,(H,18,19,20). The molecule has 0 bridgehead atoms. The molecule has 128 valence electrons. The van der Waals surface area contributed by atoms with Crippen LogP contribution in [0.1, 0.15) is 6.42 Å². The highest BCUT2D eigenvalue weighted by Crippen LogP contribution is 2.22. The molecule has 9 heteroatoms. The zero-order valence-corrected chi connectivity index (χ0v) is 13.7. The fraction of sp³-hybridized carbons (Fsp3) is 0.333. The molecule has 1 saturated heterocycles. The highest BCUT2D eigenvalue weighted by atomic mass is 32.2. The molecule has 0 amide bonds. The summed E-state index contributed by atoms with van der Waals surface area (Å²) in [5.74, 6) is -0.875. The Labute approximate surface area is 138 Å². The number of halogens is 2. The van der Waals surface area contributed by atoms with Gasteiger partial charge in [-0.3, -0.25) is 0 Å². The van der Waals surface area contributed by atoms with Gasteiger partial charge in [-0.25, -0.2) is 22.2 Å². The molecule has 1 N–H and O–H groups in total. The zero-order chi connectivity index (χ0) is 17.3. The van der Waals surface area contributed by atoms with Gasteiger partial charge in [0.1, 0.15) is 5.82 Å². The normalized spacial score (nSPS) is 19.2. The van der Waals surface area contributed by atoms with E-state index in [-0.39, 0.29) is 17.5 Å². The number of nitrogens with zero attached hydrogens (tertiary/aromatic N) is 3. The van der Waals surface area contributed by atoms with Crippen molar-refractivity contribution in [1.29, 1.82) is 0 Å². The number of aromatic nitrogens is 2. The Bertz CT molecular complexity index is 860. The smallest absolute Gasteiger partial charge is 0.227 e. The van der Waals surface area contributed by atoms with Crippen molar-refractivity contribution in [3.05, 3.63) is 42.1 Å². The maximum Gasteiger partial charge on any atom is 0.227 e. The third-order valence-electron chi connectivity index (χ3n) is 3.91. The predicted octanol–water partition coefficient (Wildman–Crippen LogP) is 2.12. The van der Waals surface area contributed by atoms with Crippen LogP contribution in [0.2, 0.25) is 0 Å². The molecule has 0 saturated carbocycles. The molecule has 1 atom stereocenters. The summed E-state index contributed by atoms with van der Waals surface area (Å²) in [6.07, 6.45) is 2.05. The van der Waals surface area contributed by atoms with Crippen LogP contribution in [0.4, 0.5) is 26.2 Å². The molecule has 1 aromatic heterocycles. The molecule has 2 aromatic rings. The van der Waals surface area contributed by atoms with E-state index >= 15 is 0 Å². The summed E-state index contributed by atoms with van der Waals surface area (Å²) < 4.78 is 49.4. The predicted molar refractivity (Wildman–Crippen MR) is 87.1 cm³/mol. The number of nitrogens with one attached hydrogen (secondary N) is 1. The van der Waals surface area contributed by atoms with E-state index in [1.54, 1.807) is 18.0 Å². The Morgan fingerprint density at radius 3 is 2.71 bits per heavy atom. The van der Waals surface area contributed by atoms with E-state index in [9.17, 15) is 17.2 Å². The van der Waals surface area contributed by atoms with E-state index in [4.69, 9.17) is 0 Å². The lowest BCUT2D eigenvalue weighted by Gasteiger charge is -2.23. The van der Waals surface area contributed by atoms with Crippen LogP contribution in [0, 0.1) is 11.6 Å². The molecule has 3 rings (SSSR count). The van der Waals surface area contributed by atoms with E-state index in [0.717, 1.165) is 12.1 Å². The molecule has 1 aliphatic rings. The maximum atomic E-state index is 13.3. The largest absolute Gasteiger partial charge is 0.340 e. The summed E-state index contributed by atoms with van der Waals surface area (Å²) in [4.78, 5) is 10.2. The van der Waals surface area contributed by atoms with Crippen LogP contribution in [-0.4, -0.2) is 43.0 Å². The second-order valence-electron chi connectivity index (χ2n) is 5.66. The molecule has 0 spiro atoms. The second-order valence-corrected chi connectivity index (χ2v) is 7.89. The van der Waals surface area contributed by atoms with Crippen molar-refractivity contribution in [2.75, 3.05) is 28.8 Å². The molecule has 24 heavy (non-hydrogen) atoms. The van der Waals surface area contributed by atoms with E-state index in [1.165, 1.54) is 12.3 Å².